The SMILES string of the molecule is CS(=O)(=O)N1CCCC(C(=O)NCCc2ncc[nH]2)C1. The van der Waals surface area contributed by atoms with Crippen LogP contribution >= 0.6 is 0 Å². The van der Waals surface area contributed by atoms with Crippen LogP contribution in [0.4, 0.5) is 0 Å². The molecule has 1 unspecified atom stereocenters. The summed E-state index contributed by atoms with van der Waals surface area (Å²) in [5.74, 6) is 0.492. The molecule has 1 aliphatic heterocycles. The Morgan fingerprint density at radius 3 is 3.05 bits per heavy atom. The van der Waals surface area contributed by atoms with Crippen LogP contribution in [-0.4, -0.2) is 54.5 Å². The summed E-state index contributed by atoms with van der Waals surface area (Å²) < 4.78 is 24.4. The molecule has 1 aromatic heterocycles. The van der Waals surface area contributed by atoms with Crippen molar-refractivity contribution in [3.8, 4) is 0 Å². The predicted molar refractivity (Wildman–Crippen MR) is 74.4 cm³/mol. The summed E-state index contributed by atoms with van der Waals surface area (Å²) in [7, 11) is -3.21. The van der Waals surface area contributed by atoms with Crippen LogP contribution in [0.25, 0.3) is 0 Å². The van der Waals surface area contributed by atoms with Gasteiger partial charge < -0.3 is 10.3 Å². The monoisotopic (exact) mass is 300 g/mol. The minimum absolute atomic E-state index is 0.0788. The largest absolute Gasteiger partial charge is 0.355 e. The Balaban J connectivity index is 1.80. The van der Waals surface area contributed by atoms with Crippen LogP contribution in [0.2, 0.25) is 0 Å². The molecule has 2 N–H and O–H groups in total. The van der Waals surface area contributed by atoms with E-state index in [1.54, 1.807) is 12.4 Å². The smallest absolute Gasteiger partial charge is 0.224 e. The van der Waals surface area contributed by atoms with Crippen molar-refractivity contribution >= 4 is 15.9 Å². The number of imidazole rings is 1. The Kier molecular flexibility index (Phi) is 4.77. The van der Waals surface area contributed by atoms with E-state index in [1.165, 1.54) is 10.6 Å². The zero-order valence-corrected chi connectivity index (χ0v) is 12.3. The van der Waals surface area contributed by atoms with Gasteiger partial charge in [0.25, 0.3) is 0 Å². The van der Waals surface area contributed by atoms with Crippen LogP contribution in [0.3, 0.4) is 0 Å². The maximum absolute atomic E-state index is 12.0. The summed E-state index contributed by atoms with van der Waals surface area (Å²) in [4.78, 5) is 19.1. The average molecular weight is 300 g/mol. The molecule has 1 saturated heterocycles. The number of aromatic amines is 1. The van der Waals surface area contributed by atoms with Gasteiger partial charge in [0.1, 0.15) is 5.82 Å². The van der Waals surface area contributed by atoms with E-state index >= 15 is 0 Å². The number of H-pyrrole nitrogens is 1. The molecule has 1 atom stereocenters. The maximum atomic E-state index is 12.0. The van der Waals surface area contributed by atoms with Crippen molar-refractivity contribution < 1.29 is 13.2 Å². The van der Waals surface area contributed by atoms with E-state index in [9.17, 15) is 13.2 Å². The van der Waals surface area contributed by atoms with E-state index in [1.807, 2.05) is 0 Å². The van der Waals surface area contributed by atoms with Crippen LogP contribution in [0, 0.1) is 5.92 Å². The Morgan fingerprint density at radius 2 is 2.40 bits per heavy atom. The van der Waals surface area contributed by atoms with Gasteiger partial charge in [0.15, 0.2) is 0 Å². The van der Waals surface area contributed by atoms with E-state index in [0.29, 0.717) is 19.5 Å². The number of rotatable bonds is 5. The molecular weight excluding hydrogens is 280 g/mol. The van der Waals surface area contributed by atoms with Crippen molar-refractivity contribution in [2.24, 2.45) is 5.92 Å². The first-order valence-electron chi connectivity index (χ1n) is 6.68. The lowest BCUT2D eigenvalue weighted by atomic mass is 9.99. The third-order valence-corrected chi connectivity index (χ3v) is 4.71. The number of nitrogens with zero attached hydrogens (tertiary/aromatic N) is 2. The summed E-state index contributed by atoms with van der Waals surface area (Å²) in [6.45, 7) is 1.29. The lowest BCUT2D eigenvalue weighted by molar-refractivity contribution is -0.126. The summed E-state index contributed by atoms with van der Waals surface area (Å²) in [5.41, 5.74) is 0. The molecule has 7 nitrogen and oxygen atoms in total. The second-order valence-electron chi connectivity index (χ2n) is 5.04. The molecule has 0 spiro atoms. The van der Waals surface area contributed by atoms with E-state index < -0.39 is 10.0 Å². The highest BCUT2D eigenvalue weighted by atomic mass is 32.2. The molecule has 0 aromatic carbocycles. The number of piperidine rings is 1. The van der Waals surface area contributed by atoms with Crippen LogP contribution in [0.1, 0.15) is 18.7 Å². The Morgan fingerprint density at radius 1 is 1.60 bits per heavy atom. The fourth-order valence-electron chi connectivity index (χ4n) is 2.34. The van der Waals surface area contributed by atoms with Crippen LogP contribution in [0.5, 0.6) is 0 Å². The van der Waals surface area contributed by atoms with Crippen molar-refractivity contribution in [2.45, 2.75) is 19.3 Å². The van der Waals surface area contributed by atoms with Crippen LogP contribution in [0.15, 0.2) is 12.4 Å². The van der Waals surface area contributed by atoms with Gasteiger partial charge in [0.05, 0.1) is 12.2 Å². The summed E-state index contributed by atoms with van der Waals surface area (Å²) in [6, 6.07) is 0. The zero-order chi connectivity index (χ0) is 14.6. The van der Waals surface area contributed by atoms with Gasteiger partial charge in [-0.3, -0.25) is 4.79 Å². The highest BCUT2D eigenvalue weighted by Crippen LogP contribution is 2.18. The fourth-order valence-corrected chi connectivity index (χ4v) is 3.25. The fraction of sp³-hybridized carbons (Fsp3) is 0.667. The number of sulfonamides is 1. The van der Waals surface area contributed by atoms with Gasteiger partial charge in [-0.05, 0) is 12.8 Å². The first-order chi connectivity index (χ1) is 9.47. The quantitative estimate of drug-likeness (QED) is 0.783. The highest BCUT2D eigenvalue weighted by Gasteiger charge is 2.29. The molecule has 2 rings (SSSR count). The standard InChI is InChI=1S/C12H20N4O3S/c1-20(18,19)16-8-2-3-10(9-16)12(17)15-5-4-11-13-6-7-14-11/h6-7,10H,2-5,8-9H2,1H3,(H,13,14)(H,15,17). The molecule has 0 bridgehead atoms. The van der Waals surface area contributed by atoms with Crippen molar-refractivity contribution in [2.75, 3.05) is 25.9 Å². The highest BCUT2D eigenvalue weighted by molar-refractivity contribution is 7.88. The van der Waals surface area contributed by atoms with E-state index in [-0.39, 0.29) is 18.4 Å². The molecule has 1 aromatic rings. The second-order valence-corrected chi connectivity index (χ2v) is 7.02. The molecule has 1 aliphatic rings. The summed E-state index contributed by atoms with van der Waals surface area (Å²) in [6.07, 6.45) is 6.69. The molecule has 0 saturated carbocycles. The van der Waals surface area contributed by atoms with Gasteiger partial charge >= 0.3 is 0 Å². The molecule has 112 valence electrons. The molecule has 2 heterocycles. The van der Waals surface area contributed by atoms with Crippen molar-refractivity contribution in [3.63, 3.8) is 0 Å². The van der Waals surface area contributed by atoms with Crippen molar-refractivity contribution in [1.29, 1.82) is 0 Å². The lowest BCUT2D eigenvalue weighted by Gasteiger charge is -2.30. The molecule has 8 heteroatoms. The number of hydrogen-bond acceptors (Lipinski definition) is 4. The molecular formula is C12H20N4O3S. The maximum Gasteiger partial charge on any atom is 0.224 e. The minimum atomic E-state index is -3.21. The number of amides is 1. The molecule has 1 amide bonds. The molecule has 0 aliphatic carbocycles. The Bertz CT molecular complexity index is 541. The first kappa shape index (κ1) is 15.0. The molecule has 1 fully saturated rings. The topological polar surface area (TPSA) is 95.2 Å². The molecule has 0 radical (unpaired) electrons. The minimum Gasteiger partial charge on any atom is -0.355 e. The number of nitrogens with one attached hydrogen (secondary N) is 2. The average Bonchev–Trinajstić information content (AvgIpc) is 2.91. The summed E-state index contributed by atoms with van der Waals surface area (Å²) >= 11 is 0. The number of hydrogen-bond donors (Lipinski definition) is 2. The van der Waals surface area contributed by atoms with Crippen molar-refractivity contribution in [3.05, 3.63) is 18.2 Å². The van der Waals surface area contributed by atoms with Crippen LogP contribution < -0.4 is 5.32 Å². The van der Waals surface area contributed by atoms with Gasteiger partial charge in [0, 0.05) is 38.4 Å². The second kappa shape index (κ2) is 6.36. The van der Waals surface area contributed by atoms with Gasteiger partial charge in [-0.15, -0.1) is 0 Å². The van der Waals surface area contributed by atoms with E-state index in [0.717, 1.165) is 18.7 Å². The third kappa shape index (κ3) is 4.04. The number of aromatic nitrogens is 2. The summed E-state index contributed by atoms with van der Waals surface area (Å²) in [5, 5.41) is 2.84. The predicted octanol–water partition coefficient (Wildman–Crippen LogP) is -0.260. The Labute approximate surface area is 118 Å². The van der Waals surface area contributed by atoms with Gasteiger partial charge in [-0.2, -0.15) is 0 Å². The van der Waals surface area contributed by atoms with Gasteiger partial charge in [0.2, 0.25) is 15.9 Å². The van der Waals surface area contributed by atoms with Crippen LogP contribution in [-0.2, 0) is 21.2 Å². The van der Waals surface area contributed by atoms with Crippen molar-refractivity contribution in [1.82, 2.24) is 19.6 Å². The normalized spacial score (nSPS) is 20.8. The van der Waals surface area contributed by atoms with E-state index in [2.05, 4.69) is 15.3 Å². The Hall–Kier alpha value is -1.41. The third-order valence-electron chi connectivity index (χ3n) is 3.44. The lowest BCUT2D eigenvalue weighted by Crippen LogP contribution is -2.45. The van der Waals surface area contributed by atoms with Gasteiger partial charge in [-0.1, -0.05) is 0 Å². The first-order valence-corrected chi connectivity index (χ1v) is 8.53. The van der Waals surface area contributed by atoms with E-state index in [4.69, 9.17) is 0 Å². The number of carbonyl (C=O) groups is 1. The zero-order valence-electron chi connectivity index (χ0n) is 11.5. The van der Waals surface area contributed by atoms with Gasteiger partial charge in [-0.25, -0.2) is 17.7 Å². The number of carbonyl (C=O) groups excluding carboxylic acids is 1. The molecule has 20 heavy (non-hydrogen) atoms.